The number of rotatable bonds is 3. The van der Waals surface area contributed by atoms with Crippen LogP contribution >= 0.6 is 0 Å². The smallest absolute Gasteiger partial charge is 0.572 e. The summed E-state index contributed by atoms with van der Waals surface area (Å²) in [6, 6.07) is 1.33. The van der Waals surface area contributed by atoms with Gasteiger partial charge < -0.3 is 44.7 Å². The summed E-state index contributed by atoms with van der Waals surface area (Å²) in [6.45, 7) is 2.56. The van der Waals surface area contributed by atoms with E-state index in [2.05, 4.69) is 18.0 Å². The summed E-state index contributed by atoms with van der Waals surface area (Å²) in [5.41, 5.74) is -0.183. The minimum Gasteiger partial charge on any atom is -0.572 e. The van der Waals surface area contributed by atoms with E-state index in [9.17, 15) is 17.3 Å². The van der Waals surface area contributed by atoms with Crippen molar-refractivity contribution in [2.24, 2.45) is 0 Å². The van der Waals surface area contributed by atoms with Gasteiger partial charge in [0.2, 0.25) is 0 Å². The lowest BCUT2D eigenvalue weighted by Crippen LogP contribution is -2.37. The molecule has 0 unspecified atom stereocenters. The molecule has 2 heterocycles. The predicted molar refractivity (Wildman–Crippen MR) is 85.3 cm³/mol. The highest BCUT2D eigenvalue weighted by atomic mass is 19.3. The monoisotopic (exact) mass is 376 g/mol. The average Bonchev–Trinajstić information content (AvgIpc) is 2.49. The maximum absolute atomic E-state index is 13.9. The number of ether oxygens (including phenoxy) is 2. The molecule has 0 saturated carbocycles. The molecule has 2 aliphatic rings. The molecule has 140 valence electrons. The lowest BCUT2D eigenvalue weighted by atomic mass is 9.95. The van der Waals surface area contributed by atoms with Gasteiger partial charge in [0.15, 0.2) is 5.56 Å². The maximum Gasteiger partial charge on any atom is 0.994 e. The molecule has 0 aliphatic carbocycles. The highest BCUT2D eigenvalue weighted by Gasteiger charge is 2.57. The lowest BCUT2D eigenvalue weighted by Gasteiger charge is -2.25. The molecule has 0 radical (unpaired) electrons. The Bertz CT molecular complexity index is 865. The molecule has 0 spiro atoms. The van der Waals surface area contributed by atoms with Gasteiger partial charge in [0.05, 0.1) is 26.1 Å². The van der Waals surface area contributed by atoms with Crippen LogP contribution in [0.25, 0.3) is 0 Å². The van der Waals surface area contributed by atoms with Crippen LogP contribution in [0.3, 0.4) is 0 Å². The Morgan fingerprint density at radius 3 is 2.04 bits per heavy atom. The average molecular weight is 376 g/mol. The van der Waals surface area contributed by atoms with Crippen LogP contribution < -0.4 is 14.1 Å². The Labute approximate surface area is 145 Å². The van der Waals surface area contributed by atoms with Crippen LogP contribution in [0.2, 0.25) is 0 Å². The van der Waals surface area contributed by atoms with E-state index in [1.165, 1.54) is 34.1 Å². The topological polar surface area (TPSA) is 59.5 Å². The summed E-state index contributed by atoms with van der Waals surface area (Å²) in [6.07, 6.45) is 1.13. The van der Waals surface area contributed by atoms with E-state index < -0.39 is 25.7 Å². The molecule has 0 aromatic heterocycles. The van der Waals surface area contributed by atoms with Crippen molar-refractivity contribution in [2.45, 2.75) is 13.8 Å². The largest absolute Gasteiger partial charge is 0.994 e. The molecule has 1 aromatic carbocycles. The van der Waals surface area contributed by atoms with Crippen molar-refractivity contribution in [3.63, 3.8) is 0 Å². The van der Waals surface area contributed by atoms with Gasteiger partial charge in [0.25, 0.3) is 11.6 Å². The zero-order valence-electron chi connectivity index (χ0n) is 14.3. The number of ketones is 2. The fourth-order valence-electron chi connectivity index (χ4n) is 2.82. The van der Waals surface area contributed by atoms with Crippen molar-refractivity contribution < 1.29 is 44.7 Å². The third-order valence-electron chi connectivity index (χ3n) is 3.74. The van der Waals surface area contributed by atoms with E-state index >= 15 is 0 Å². The number of hydrogen-bond acceptors (Lipinski definition) is 4. The summed E-state index contributed by atoms with van der Waals surface area (Å²) in [7, 11) is -6.85. The summed E-state index contributed by atoms with van der Waals surface area (Å²) >= 11 is 0. The number of halogens is 4. The number of hydrogen-bond donors (Lipinski definition) is 0. The molecule has 1 aromatic rings. The standard InChI is InChI=1S/C14H14B2F4O6/c1-7-5-11(25-15(17,18)23-7)13-10(22-4)6-9(21-3)12-8(2)24-16(19,20)26-14(12)13/h5-6H,1-4H3. The molecular formula is C14H14B2F4O6. The van der Waals surface area contributed by atoms with Gasteiger partial charge >= 0.3 is 14.2 Å². The van der Waals surface area contributed by atoms with Gasteiger partial charge in [-0.15, -0.1) is 0 Å². The molecule has 0 atom stereocenters. The summed E-state index contributed by atoms with van der Waals surface area (Å²) in [5.74, 6) is -1.18. The zero-order chi connectivity index (χ0) is 19.3. The maximum atomic E-state index is 13.9. The Hall–Kier alpha value is -2.65. The predicted octanol–water partition coefficient (Wildman–Crippen LogP) is 3.24. The molecule has 6 nitrogen and oxygen atoms in total. The molecular weight excluding hydrogens is 362 g/mol. The second-order valence-electron chi connectivity index (χ2n) is 5.58. The van der Waals surface area contributed by atoms with Gasteiger partial charge in [0.1, 0.15) is 22.8 Å². The molecule has 2 aliphatic heterocycles. The van der Waals surface area contributed by atoms with Gasteiger partial charge in [0, 0.05) is 13.0 Å². The molecule has 0 fully saturated rings. The Balaban J connectivity index is 2.35. The second-order valence-corrected chi connectivity index (χ2v) is 5.58. The highest BCUT2D eigenvalue weighted by Crippen LogP contribution is 2.44. The van der Waals surface area contributed by atoms with Crippen molar-refractivity contribution in [1.82, 2.24) is 0 Å². The van der Waals surface area contributed by atoms with Crippen LogP contribution in [0.5, 0.6) is 17.2 Å². The number of carbonyl (C=O) groups excluding carboxylic acids is 2. The van der Waals surface area contributed by atoms with Crippen molar-refractivity contribution >= 4 is 25.8 Å². The normalized spacial score (nSPS) is 19.9. The van der Waals surface area contributed by atoms with Crippen LogP contribution in [0.1, 0.15) is 33.7 Å². The van der Waals surface area contributed by atoms with E-state index in [4.69, 9.17) is 9.47 Å². The first-order valence-electron chi connectivity index (χ1n) is 7.51. The molecule has 0 saturated heterocycles. The third-order valence-corrected chi connectivity index (χ3v) is 3.74. The summed E-state index contributed by atoms with van der Waals surface area (Å²) in [5, 5.41) is 0. The number of methoxy groups -OCH3 is 2. The zero-order valence-corrected chi connectivity index (χ0v) is 14.3. The molecule has 0 N–H and O–H groups in total. The fraction of sp³-hybridized carbons (Fsp3) is 0.286. The third kappa shape index (κ3) is 3.11. The number of allylic oxidation sites excluding steroid dienone is 2. The van der Waals surface area contributed by atoms with Crippen LogP contribution in [0.4, 0.5) is 17.3 Å². The first-order valence-corrected chi connectivity index (χ1v) is 7.51. The van der Waals surface area contributed by atoms with E-state index in [1.807, 2.05) is 0 Å². The number of fused-ring (bicyclic) bond motifs is 1. The van der Waals surface area contributed by atoms with Gasteiger partial charge in [-0.05, 0) is 6.92 Å². The Kier molecular flexibility index (Phi) is 4.16. The van der Waals surface area contributed by atoms with Crippen LogP contribution in [-0.2, 0) is 4.65 Å². The van der Waals surface area contributed by atoms with E-state index in [1.54, 1.807) is 0 Å². The molecule has 26 heavy (non-hydrogen) atoms. The van der Waals surface area contributed by atoms with Gasteiger partial charge in [-0.25, -0.2) is 0 Å². The Morgan fingerprint density at radius 1 is 0.885 bits per heavy atom. The molecule has 0 amide bonds. The van der Waals surface area contributed by atoms with Crippen molar-refractivity contribution in [3.05, 3.63) is 29.0 Å². The highest BCUT2D eigenvalue weighted by molar-refractivity contribution is 6.53. The fourth-order valence-corrected chi connectivity index (χ4v) is 2.82. The summed E-state index contributed by atoms with van der Waals surface area (Å²) < 4.78 is 83.5. The molecule has 12 heteroatoms. The molecule has 3 rings (SSSR count). The number of benzene rings is 1. The van der Waals surface area contributed by atoms with Crippen LogP contribution in [0, 0.1) is 0 Å². The second kappa shape index (κ2) is 5.96. The van der Waals surface area contributed by atoms with Crippen LogP contribution in [-0.4, -0.2) is 40.0 Å². The SMILES string of the molecule is COc1cc(OC)c(C2=[O+][B-](F)(F)OC(C)=C2)c2c1C(C)=[O+][B-](F)(F)O2. The van der Waals surface area contributed by atoms with Crippen molar-refractivity contribution in [2.75, 3.05) is 14.2 Å². The first kappa shape index (κ1) is 18.2. The minimum absolute atomic E-state index is 0.0422. The molecule has 0 bridgehead atoms. The summed E-state index contributed by atoms with van der Waals surface area (Å²) in [4.78, 5) is 0. The minimum atomic E-state index is -4.72. The lowest BCUT2D eigenvalue weighted by molar-refractivity contribution is -0.189. The van der Waals surface area contributed by atoms with E-state index in [0.29, 0.717) is 0 Å². The first-order chi connectivity index (χ1) is 12.1. The van der Waals surface area contributed by atoms with Gasteiger partial charge in [-0.3, -0.25) is 0 Å². The Morgan fingerprint density at radius 2 is 1.46 bits per heavy atom. The quantitative estimate of drug-likeness (QED) is 0.462. The van der Waals surface area contributed by atoms with Crippen LogP contribution in [0.15, 0.2) is 17.9 Å². The van der Waals surface area contributed by atoms with Gasteiger partial charge in [-0.1, -0.05) is 0 Å². The van der Waals surface area contributed by atoms with E-state index in [0.717, 1.165) is 6.08 Å². The van der Waals surface area contributed by atoms with E-state index in [-0.39, 0.29) is 34.2 Å². The van der Waals surface area contributed by atoms with Gasteiger partial charge in [-0.2, -0.15) is 0 Å². The van der Waals surface area contributed by atoms with Crippen molar-refractivity contribution in [1.29, 1.82) is 0 Å². The van der Waals surface area contributed by atoms with Crippen molar-refractivity contribution in [3.8, 4) is 17.2 Å².